The van der Waals surface area contributed by atoms with Crippen LogP contribution in [0.2, 0.25) is 0 Å². The van der Waals surface area contributed by atoms with Crippen molar-refractivity contribution in [2.24, 2.45) is 0 Å². The minimum Gasteiger partial charge on any atom is -0.347 e. The highest BCUT2D eigenvalue weighted by atomic mass is 32.2. The topological polar surface area (TPSA) is 97.2 Å². The first-order valence-electron chi connectivity index (χ1n) is 9.33. The van der Waals surface area contributed by atoms with Crippen LogP contribution in [0.5, 0.6) is 0 Å². The second kappa shape index (κ2) is 7.40. The predicted octanol–water partition coefficient (Wildman–Crippen LogP) is 1.08. The number of amides is 1. The number of benzene rings is 1. The van der Waals surface area contributed by atoms with Crippen LogP contribution in [0.1, 0.15) is 37.3 Å². The first-order chi connectivity index (χ1) is 13.1. The summed E-state index contributed by atoms with van der Waals surface area (Å²) in [5, 5.41) is 11.2. The van der Waals surface area contributed by atoms with E-state index in [0.717, 1.165) is 37.5 Å². The van der Waals surface area contributed by atoms with Crippen LogP contribution in [-0.2, 0) is 34.3 Å². The summed E-state index contributed by atoms with van der Waals surface area (Å²) < 4.78 is 29.2. The molecule has 2 aromatic rings. The Bertz CT molecular complexity index is 926. The lowest BCUT2D eigenvalue weighted by Crippen LogP contribution is -2.45. The standard InChI is InChI=1S/C18H23N5O3S/c24-18(19-13-17-21-20-16-10-4-5-11-22(16)17)15-9-6-12-23(15)27(25,26)14-7-2-1-3-8-14/h1-3,7-8,15H,4-6,9-13H2,(H,19,24)/t15-/m0/s1. The first kappa shape index (κ1) is 18.1. The summed E-state index contributed by atoms with van der Waals surface area (Å²) in [6.07, 6.45) is 4.30. The lowest BCUT2D eigenvalue weighted by molar-refractivity contribution is -0.124. The highest BCUT2D eigenvalue weighted by Gasteiger charge is 2.39. The average molecular weight is 389 g/mol. The fourth-order valence-electron chi connectivity index (χ4n) is 3.80. The van der Waals surface area contributed by atoms with Gasteiger partial charge in [-0.05, 0) is 37.8 Å². The van der Waals surface area contributed by atoms with E-state index in [-0.39, 0.29) is 17.3 Å². The Morgan fingerprint density at radius 1 is 1.11 bits per heavy atom. The molecule has 2 aliphatic rings. The van der Waals surface area contributed by atoms with Crippen LogP contribution < -0.4 is 5.32 Å². The number of sulfonamides is 1. The van der Waals surface area contributed by atoms with Gasteiger partial charge in [-0.2, -0.15) is 4.31 Å². The Morgan fingerprint density at radius 3 is 2.74 bits per heavy atom. The third-order valence-electron chi connectivity index (χ3n) is 5.21. The molecule has 1 saturated heterocycles. The smallest absolute Gasteiger partial charge is 0.243 e. The third kappa shape index (κ3) is 3.49. The van der Waals surface area contributed by atoms with Crippen LogP contribution in [-0.4, -0.2) is 46.0 Å². The van der Waals surface area contributed by atoms with Crippen molar-refractivity contribution >= 4 is 15.9 Å². The Balaban J connectivity index is 1.46. The zero-order chi connectivity index (χ0) is 18.9. The monoisotopic (exact) mass is 389 g/mol. The predicted molar refractivity (Wildman–Crippen MR) is 98.2 cm³/mol. The van der Waals surface area contributed by atoms with Crippen LogP contribution in [0, 0.1) is 0 Å². The molecule has 0 bridgehead atoms. The summed E-state index contributed by atoms with van der Waals surface area (Å²) in [5.74, 6) is 1.41. The number of aryl methyl sites for hydroxylation is 1. The average Bonchev–Trinajstić information content (AvgIpc) is 3.34. The Kier molecular flexibility index (Phi) is 4.96. The Morgan fingerprint density at radius 2 is 1.93 bits per heavy atom. The molecule has 1 atom stereocenters. The molecule has 3 heterocycles. The SMILES string of the molecule is O=C(NCc1nnc2n1CCCC2)[C@@H]1CCCN1S(=O)(=O)c1ccccc1. The number of aromatic nitrogens is 3. The van der Waals surface area contributed by atoms with Crippen LogP contribution in [0.25, 0.3) is 0 Å². The van der Waals surface area contributed by atoms with Crippen molar-refractivity contribution in [3.05, 3.63) is 42.0 Å². The number of carbonyl (C=O) groups is 1. The van der Waals surface area contributed by atoms with Crippen LogP contribution in [0.3, 0.4) is 0 Å². The van der Waals surface area contributed by atoms with Gasteiger partial charge in [0.2, 0.25) is 15.9 Å². The Hall–Kier alpha value is -2.26. The highest BCUT2D eigenvalue weighted by Crippen LogP contribution is 2.26. The minimum atomic E-state index is -3.68. The zero-order valence-electron chi connectivity index (χ0n) is 15.0. The van der Waals surface area contributed by atoms with Crippen molar-refractivity contribution in [2.45, 2.75) is 56.1 Å². The number of hydrogen-bond donors (Lipinski definition) is 1. The molecule has 1 amide bonds. The maximum Gasteiger partial charge on any atom is 0.243 e. The quantitative estimate of drug-likeness (QED) is 0.825. The van der Waals surface area contributed by atoms with E-state index >= 15 is 0 Å². The second-order valence-electron chi connectivity index (χ2n) is 6.95. The third-order valence-corrected chi connectivity index (χ3v) is 7.14. The van der Waals surface area contributed by atoms with Gasteiger partial charge in [0.05, 0.1) is 11.4 Å². The molecule has 1 aromatic carbocycles. The summed E-state index contributed by atoms with van der Waals surface area (Å²) in [7, 11) is -3.68. The maximum absolute atomic E-state index is 12.9. The number of fused-ring (bicyclic) bond motifs is 1. The Labute approximate surface area is 158 Å². The zero-order valence-corrected chi connectivity index (χ0v) is 15.9. The van der Waals surface area contributed by atoms with Crippen molar-refractivity contribution < 1.29 is 13.2 Å². The van der Waals surface area contributed by atoms with Gasteiger partial charge in [-0.3, -0.25) is 4.79 Å². The number of nitrogens with one attached hydrogen (secondary N) is 1. The molecule has 144 valence electrons. The molecule has 0 unspecified atom stereocenters. The van der Waals surface area contributed by atoms with Crippen molar-refractivity contribution in [3.63, 3.8) is 0 Å². The molecular weight excluding hydrogens is 366 g/mol. The van der Waals surface area contributed by atoms with E-state index in [0.29, 0.717) is 19.4 Å². The molecule has 0 spiro atoms. The normalized spacial score (nSPS) is 20.4. The molecule has 0 radical (unpaired) electrons. The molecule has 0 aliphatic carbocycles. The molecule has 0 saturated carbocycles. The van der Waals surface area contributed by atoms with E-state index in [1.807, 2.05) is 0 Å². The van der Waals surface area contributed by atoms with Crippen LogP contribution in [0.15, 0.2) is 35.2 Å². The van der Waals surface area contributed by atoms with Gasteiger partial charge < -0.3 is 9.88 Å². The summed E-state index contributed by atoms with van der Waals surface area (Å²) in [5.41, 5.74) is 0. The van der Waals surface area contributed by atoms with E-state index in [9.17, 15) is 13.2 Å². The van der Waals surface area contributed by atoms with Gasteiger partial charge in [0.15, 0.2) is 5.82 Å². The van der Waals surface area contributed by atoms with Crippen LogP contribution in [0.4, 0.5) is 0 Å². The molecule has 4 rings (SSSR count). The van der Waals surface area contributed by atoms with Gasteiger partial charge in [-0.15, -0.1) is 10.2 Å². The number of rotatable bonds is 5. The van der Waals surface area contributed by atoms with Crippen molar-refractivity contribution in [2.75, 3.05) is 6.54 Å². The lowest BCUT2D eigenvalue weighted by Gasteiger charge is -2.23. The molecule has 1 fully saturated rings. The largest absolute Gasteiger partial charge is 0.347 e. The first-order valence-corrected chi connectivity index (χ1v) is 10.8. The summed E-state index contributed by atoms with van der Waals surface area (Å²) in [6, 6.07) is 7.58. The number of hydrogen-bond acceptors (Lipinski definition) is 5. The van der Waals surface area contributed by atoms with Gasteiger partial charge in [-0.1, -0.05) is 18.2 Å². The van der Waals surface area contributed by atoms with E-state index < -0.39 is 16.1 Å². The fourth-order valence-corrected chi connectivity index (χ4v) is 5.48. The van der Waals surface area contributed by atoms with Crippen molar-refractivity contribution in [3.8, 4) is 0 Å². The fraction of sp³-hybridized carbons (Fsp3) is 0.500. The number of carbonyl (C=O) groups excluding carboxylic acids is 1. The molecule has 1 N–H and O–H groups in total. The highest BCUT2D eigenvalue weighted by molar-refractivity contribution is 7.89. The molecule has 8 nitrogen and oxygen atoms in total. The summed E-state index contributed by atoms with van der Waals surface area (Å²) >= 11 is 0. The van der Waals surface area contributed by atoms with Gasteiger partial charge in [0, 0.05) is 19.5 Å². The molecule has 9 heteroatoms. The van der Waals surface area contributed by atoms with Gasteiger partial charge >= 0.3 is 0 Å². The summed E-state index contributed by atoms with van der Waals surface area (Å²) in [4.78, 5) is 12.9. The van der Waals surface area contributed by atoms with Crippen molar-refractivity contribution in [1.29, 1.82) is 0 Å². The maximum atomic E-state index is 12.9. The van der Waals surface area contributed by atoms with Crippen LogP contribution >= 0.6 is 0 Å². The molecule has 2 aliphatic heterocycles. The summed E-state index contributed by atoms with van der Waals surface area (Å²) in [6.45, 7) is 1.49. The molecule has 1 aromatic heterocycles. The van der Waals surface area contributed by atoms with Crippen molar-refractivity contribution in [1.82, 2.24) is 24.4 Å². The van der Waals surface area contributed by atoms with E-state index in [2.05, 4.69) is 20.1 Å². The van der Waals surface area contributed by atoms with Gasteiger partial charge in [-0.25, -0.2) is 8.42 Å². The lowest BCUT2D eigenvalue weighted by atomic mass is 10.1. The van der Waals surface area contributed by atoms with E-state index in [1.54, 1.807) is 30.3 Å². The molecular formula is C18H23N5O3S. The second-order valence-corrected chi connectivity index (χ2v) is 8.84. The van der Waals surface area contributed by atoms with E-state index in [1.165, 1.54) is 4.31 Å². The van der Waals surface area contributed by atoms with Gasteiger partial charge in [0.25, 0.3) is 0 Å². The van der Waals surface area contributed by atoms with Gasteiger partial charge in [0.1, 0.15) is 11.9 Å². The minimum absolute atomic E-state index is 0.219. The molecule has 27 heavy (non-hydrogen) atoms. The number of nitrogens with zero attached hydrogens (tertiary/aromatic N) is 4. The van der Waals surface area contributed by atoms with E-state index in [4.69, 9.17) is 0 Å².